The van der Waals surface area contributed by atoms with E-state index in [9.17, 15) is 14.4 Å². The van der Waals surface area contributed by atoms with Crippen molar-refractivity contribution < 1.29 is 4.79 Å². The van der Waals surface area contributed by atoms with E-state index in [1.165, 1.54) is 20.9 Å². The molecule has 0 aromatic carbocycles. The molecule has 148 valence electrons. The Hall–Kier alpha value is -2.03. The van der Waals surface area contributed by atoms with Gasteiger partial charge in [-0.05, 0) is 40.0 Å². The number of nitrogens with zero attached hydrogens (tertiary/aromatic N) is 5. The van der Waals surface area contributed by atoms with E-state index in [1.54, 1.807) is 25.6 Å². The van der Waals surface area contributed by atoms with Crippen molar-refractivity contribution in [2.75, 3.05) is 5.75 Å². The highest BCUT2D eigenvalue weighted by molar-refractivity contribution is 7.99. The van der Waals surface area contributed by atoms with Crippen LogP contribution >= 0.6 is 11.8 Å². The number of aromatic nitrogens is 4. The largest absolute Gasteiger partial charge is 0.337 e. The number of carbonyl (C=O) groups is 1. The highest BCUT2D eigenvalue weighted by atomic mass is 32.2. The minimum Gasteiger partial charge on any atom is -0.337 e. The average Bonchev–Trinajstić information content (AvgIpc) is 2.95. The number of thioether (sulfide) groups is 1. The summed E-state index contributed by atoms with van der Waals surface area (Å²) >= 11 is 1.31. The highest BCUT2D eigenvalue weighted by Crippen LogP contribution is 2.25. The lowest BCUT2D eigenvalue weighted by atomic mass is 9.98. The molecular formula is C18H27N5O3S. The Bertz CT molecular complexity index is 980. The highest BCUT2D eigenvalue weighted by Gasteiger charge is 2.29. The third kappa shape index (κ3) is 3.33. The topological polar surface area (TPSA) is 82.1 Å². The zero-order valence-corrected chi connectivity index (χ0v) is 17.4. The molecule has 2 atom stereocenters. The Labute approximate surface area is 162 Å². The molecule has 8 nitrogen and oxygen atoms in total. The first-order chi connectivity index (χ1) is 12.8. The van der Waals surface area contributed by atoms with Crippen molar-refractivity contribution >= 4 is 28.8 Å². The van der Waals surface area contributed by atoms with Crippen molar-refractivity contribution in [3.05, 3.63) is 20.8 Å². The van der Waals surface area contributed by atoms with Crippen LogP contribution < -0.4 is 11.2 Å². The maximum absolute atomic E-state index is 12.8. The van der Waals surface area contributed by atoms with E-state index in [4.69, 9.17) is 0 Å². The van der Waals surface area contributed by atoms with Gasteiger partial charge in [-0.25, -0.2) is 9.78 Å². The van der Waals surface area contributed by atoms with Crippen LogP contribution in [0.4, 0.5) is 0 Å². The molecule has 27 heavy (non-hydrogen) atoms. The van der Waals surface area contributed by atoms with Crippen molar-refractivity contribution in [2.24, 2.45) is 14.1 Å². The van der Waals surface area contributed by atoms with Crippen LogP contribution in [0.1, 0.15) is 40.0 Å². The predicted molar refractivity (Wildman–Crippen MR) is 106 cm³/mol. The van der Waals surface area contributed by atoms with Crippen LogP contribution in [0.3, 0.4) is 0 Å². The molecule has 0 spiro atoms. The summed E-state index contributed by atoms with van der Waals surface area (Å²) in [5.41, 5.74) is 0.0132. The zero-order chi connectivity index (χ0) is 19.9. The van der Waals surface area contributed by atoms with Gasteiger partial charge in [0.05, 0.1) is 5.75 Å². The van der Waals surface area contributed by atoms with Crippen molar-refractivity contribution in [3.63, 3.8) is 0 Å². The number of carbonyl (C=O) groups excluding carboxylic acids is 1. The molecule has 3 rings (SSSR count). The molecule has 1 amide bonds. The molecular weight excluding hydrogens is 366 g/mol. The number of rotatable bonds is 4. The van der Waals surface area contributed by atoms with Crippen LogP contribution in [0.15, 0.2) is 14.7 Å². The summed E-state index contributed by atoms with van der Waals surface area (Å²) in [5.74, 6) is 0.355. The maximum Gasteiger partial charge on any atom is 0.332 e. The van der Waals surface area contributed by atoms with Gasteiger partial charge in [0.2, 0.25) is 5.91 Å². The van der Waals surface area contributed by atoms with Crippen molar-refractivity contribution in [1.29, 1.82) is 0 Å². The van der Waals surface area contributed by atoms with Gasteiger partial charge in [0.15, 0.2) is 16.3 Å². The zero-order valence-electron chi connectivity index (χ0n) is 16.6. The van der Waals surface area contributed by atoms with E-state index in [2.05, 4.69) is 18.8 Å². The molecule has 1 saturated heterocycles. The number of likely N-dealkylation sites (tertiary alicyclic amines) is 1. The first kappa shape index (κ1) is 19.7. The van der Waals surface area contributed by atoms with Crippen LogP contribution in [0.25, 0.3) is 11.2 Å². The quantitative estimate of drug-likeness (QED) is 0.732. The summed E-state index contributed by atoms with van der Waals surface area (Å²) in [6.07, 6.45) is 3.22. The van der Waals surface area contributed by atoms with Gasteiger partial charge in [-0.15, -0.1) is 0 Å². The summed E-state index contributed by atoms with van der Waals surface area (Å²) in [4.78, 5) is 44.1. The van der Waals surface area contributed by atoms with Gasteiger partial charge in [-0.3, -0.25) is 18.7 Å². The van der Waals surface area contributed by atoms with Gasteiger partial charge >= 0.3 is 5.69 Å². The van der Waals surface area contributed by atoms with Crippen LogP contribution in [0.2, 0.25) is 0 Å². The van der Waals surface area contributed by atoms with E-state index in [1.807, 2.05) is 4.90 Å². The lowest BCUT2D eigenvalue weighted by Gasteiger charge is -2.39. The molecule has 1 fully saturated rings. The van der Waals surface area contributed by atoms with E-state index < -0.39 is 0 Å². The molecule has 2 aromatic rings. The maximum atomic E-state index is 12.8. The van der Waals surface area contributed by atoms with Gasteiger partial charge in [-0.2, -0.15) is 0 Å². The van der Waals surface area contributed by atoms with Crippen LogP contribution in [0.5, 0.6) is 0 Å². The molecule has 0 radical (unpaired) electrons. The summed E-state index contributed by atoms with van der Waals surface area (Å²) in [6, 6.07) is 0.500. The minimum absolute atomic E-state index is 0.0895. The summed E-state index contributed by atoms with van der Waals surface area (Å²) in [5, 5.41) is 0.566. The van der Waals surface area contributed by atoms with Crippen LogP contribution in [0, 0.1) is 0 Å². The van der Waals surface area contributed by atoms with E-state index >= 15 is 0 Å². The molecule has 0 bridgehead atoms. The number of fused-ring (bicyclic) bond motifs is 1. The molecule has 9 heteroatoms. The average molecular weight is 394 g/mol. The van der Waals surface area contributed by atoms with Gasteiger partial charge in [0, 0.05) is 32.7 Å². The smallest absolute Gasteiger partial charge is 0.332 e. The molecule has 0 N–H and O–H groups in total. The standard InChI is InChI=1S/C18H27N5O3S/c1-6-22-16(25)14-15(21(5)18(22)26)19-17(20(14)4)27-10-13(24)23-11(2)8-7-9-12(23)3/h11-12H,6-10H2,1-5H3/t11-,12+. The third-order valence-electron chi connectivity index (χ3n) is 5.44. The first-order valence-corrected chi connectivity index (χ1v) is 10.4. The fourth-order valence-electron chi connectivity index (χ4n) is 3.95. The van der Waals surface area contributed by atoms with Gasteiger partial charge in [0.1, 0.15) is 0 Å². The van der Waals surface area contributed by atoms with Gasteiger partial charge < -0.3 is 9.47 Å². The first-order valence-electron chi connectivity index (χ1n) is 9.38. The Morgan fingerprint density at radius 3 is 2.37 bits per heavy atom. The Morgan fingerprint density at radius 1 is 1.15 bits per heavy atom. The predicted octanol–water partition coefficient (Wildman–Crippen LogP) is 1.34. The molecule has 0 saturated carbocycles. The van der Waals surface area contributed by atoms with Crippen molar-refractivity contribution in [3.8, 4) is 0 Å². The lowest BCUT2D eigenvalue weighted by molar-refractivity contribution is -0.134. The Kier molecular flexibility index (Phi) is 5.50. The number of amides is 1. The van der Waals surface area contributed by atoms with E-state index in [0.717, 1.165) is 19.3 Å². The van der Waals surface area contributed by atoms with Crippen molar-refractivity contribution in [2.45, 2.75) is 63.8 Å². The Balaban J connectivity index is 1.90. The molecule has 2 aromatic heterocycles. The van der Waals surface area contributed by atoms with Gasteiger partial charge in [-0.1, -0.05) is 11.8 Å². The van der Waals surface area contributed by atoms with Gasteiger partial charge in [0.25, 0.3) is 5.56 Å². The monoisotopic (exact) mass is 393 g/mol. The van der Waals surface area contributed by atoms with Crippen LogP contribution in [-0.2, 0) is 25.4 Å². The second-order valence-corrected chi connectivity index (χ2v) is 8.18. The SMILES string of the molecule is CCn1c(=O)c2c(nc(SCC(=O)N3[C@H](C)CCC[C@@H]3C)n2C)n(C)c1=O. The molecule has 1 aliphatic heterocycles. The molecule has 1 aliphatic rings. The number of aryl methyl sites for hydroxylation is 2. The van der Waals surface area contributed by atoms with Crippen LogP contribution in [-0.4, -0.2) is 47.3 Å². The molecule has 0 aliphatic carbocycles. The fraction of sp³-hybridized carbons (Fsp3) is 0.667. The summed E-state index contributed by atoms with van der Waals surface area (Å²) < 4.78 is 4.27. The second-order valence-electron chi connectivity index (χ2n) is 7.24. The molecule has 3 heterocycles. The van der Waals surface area contributed by atoms with E-state index in [-0.39, 0.29) is 35.0 Å². The number of hydrogen-bond acceptors (Lipinski definition) is 5. The normalized spacial score (nSPS) is 20.4. The fourth-order valence-corrected chi connectivity index (χ4v) is 4.78. The summed E-state index contributed by atoms with van der Waals surface area (Å²) in [7, 11) is 3.36. The number of piperidine rings is 1. The minimum atomic E-state index is -0.378. The third-order valence-corrected chi connectivity index (χ3v) is 6.46. The molecule has 0 unspecified atom stereocenters. The lowest BCUT2D eigenvalue weighted by Crippen LogP contribution is -2.48. The number of imidazole rings is 1. The van der Waals surface area contributed by atoms with E-state index in [0.29, 0.717) is 22.9 Å². The summed E-state index contributed by atoms with van der Waals surface area (Å²) in [6.45, 7) is 6.26. The number of hydrogen-bond donors (Lipinski definition) is 0. The van der Waals surface area contributed by atoms with Crippen molar-refractivity contribution in [1.82, 2.24) is 23.6 Å². The Morgan fingerprint density at radius 2 is 1.78 bits per heavy atom. The second kappa shape index (κ2) is 7.53.